The van der Waals surface area contributed by atoms with Crippen molar-refractivity contribution < 1.29 is 9.26 Å². The lowest BCUT2D eigenvalue weighted by Gasteiger charge is -2.25. The van der Waals surface area contributed by atoms with Crippen LogP contribution >= 0.6 is 0 Å². The highest BCUT2D eigenvalue weighted by Crippen LogP contribution is 2.32. The van der Waals surface area contributed by atoms with Crippen LogP contribution in [0.2, 0.25) is 0 Å². The number of nitrogens with zero attached hydrogens (tertiary/aromatic N) is 4. The van der Waals surface area contributed by atoms with E-state index in [4.69, 9.17) is 15.0 Å². The number of ether oxygens (including phenoxy) is 1. The van der Waals surface area contributed by atoms with Gasteiger partial charge in [0.15, 0.2) is 0 Å². The quantitative estimate of drug-likeness (QED) is 0.884. The Morgan fingerprint density at radius 3 is 2.58 bits per heavy atom. The summed E-state index contributed by atoms with van der Waals surface area (Å²) in [7, 11) is 3.41. The molecule has 0 aromatic carbocycles. The molecule has 2 aromatic heterocycles. The topological polar surface area (TPSA) is 92.0 Å². The maximum absolute atomic E-state index is 5.89. The third-order valence-corrected chi connectivity index (χ3v) is 3.58. The smallest absolute Gasteiger partial charge is 0.263 e. The molecule has 0 bridgehead atoms. The molecule has 104 valence electrons. The van der Waals surface area contributed by atoms with Crippen LogP contribution in [0.5, 0.6) is 0 Å². The summed E-state index contributed by atoms with van der Waals surface area (Å²) >= 11 is 0. The molecular formula is C12H19N5O2. The van der Waals surface area contributed by atoms with Crippen LogP contribution in [-0.4, -0.2) is 27.0 Å². The molecule has 2 aromatic rings. The Bertz CT molecular complexity index is 548. The SMILES string of the molecule is CCC(CC)(OC)c1noc(-c2cnn(C)c2N)n1. The molecule has 0 aliphatic carbocycles. The normalized spacial score (nSPS) is 12.0. The van der Waals surface area contributed by atoms with E-state index in [2.05, 4.69) is 15.2 Å². The first kappa shape index (κ1) is 13.5. The summed E-state index contributed by atoms with van der Waals surface area (Å²) < 4.78 is 12.4. The van der Waals surface area contributed by atoms with Gasteiger partial charge in [-0.3, -0.25) is 4.68 Å². The average Bonchev–Trinajstić information content (AvgIpc) is 3.02. The summed E-state index contributed by atoms with van der Waals surface area (Å²) in [5.74, 6) is 1.40. The van der Waals surface area contributed by atoms with Gasteiger partial charge < -0.3 is 15.0 Å². The molecule has 0 atom stereocenters. The minimum Gasteiger partial charge on any atom is -0.383 e. The fraction of sp³-hybridized carbons (Fsp3) is 0.583. The van der Waals surface area contributed by atoms with Crippen LogP contribution in [0, 0.1) is 0 Å². The van der Waals surface area contributed by atoms with E-state index in [-0.39, 0.29) is 0 Å². The second-order valence-corrected chi connectivity index (χ2v) is 4.40. The van der Waals surface area contributed by atoms with Gasteiger partial charge in [0.1, 0.15) is 17.0 Å². The van der Waals surface area contributed by atoms with Gasteiger partial charge in [-0.25, -0.2) is 0 Å². The van der Waals surface area contributed by atoms with Crippen LogP contribution in [0.25, 0.3) is 11.5 Å². The maximum atomic E-state index is 5.89. The van der Waals surface area contributed by atoms with Gasteiger partial charge in [-0.05, 0) is 12.8 Å². The molecular weight excluding hydrogens is 246 g/mol. The first-order chi connectivity index (χ1) is 9.07. The standard InChI is InChI=1S/C12H19N5O2/c1-5-12(6-2,18-4)11-15-10(19-16-11)8-7-14-17(3)9(8)13/h7H,5-6,13H2,1-4H3. The second kappa shape index (κ2) is 5.00. The summed E-state index contributed by atoms with van der Waals surface area (Å²) in [6, 6.07) is 0. The summed E-state index contributed by atoms with van der Waals surface area (Å²) in [6.45, 7) is 4.06. The first-order valence-electron chi connectivity index (χ1n) is 6.25. The zero-order chi connectivity index (χ0) is 14.0. The van der Waals surface area contributed by atoms with Crippen molar-refractivity contribution in [3.8, 4) is 11.5 Å². The van der Waals surface area contributed by atoms with Crippen molar-refractivity contribution in [1.82, 2.24) is 19.9 Å². The highest BCUT2D eigenvalue weighted by molar-refractivity contribution is 5.66. The van der Waals surface area contributed by atoms with Gasteiger partial charge >= 0.3 is 0 Å². The molecule has 0 unspecified atom stereocenters. The highest BCUT2D eigenvalue weighted by atomic mass is 16.5. The van der Waals surface area contributed by atoms with Gasteiger partial charge in [0.05, 0.1) is 6.20 Å². The summed E-state index contributed by atoms with van der Waals surface area (Å²) in [6.07, 6.45) is 3.14. The fourth-order valence-electron chi connectivity index (χ4n) is 2.08. The molecule has 0 aliphatic rings. The minimum atomic E-state index is -0.515. The Hall–Kier alpha value is -1.89. The maximum Gasteiger partial charge on any atom is 0.263 e. The van der Waals surface area contributed by atoms with Gasteiger partial charge in [0.2, 0.25) is 5.82 Å². The van der Waals surface area contributed by atoms with Crippen LogP contribution in [0.3, 0.4) is 0 Å². The van der Waals surface area contributed by atoms with E-state index in [0.717, 1.165) is 12.8 Å². The van der Waals surface area contributed by atoms with Crippen molar-refractivity contribution >= 4 is 5.82 Å². The van der Waals surface area contributed by atoms with Gasteiger partial charge in [0, 0.05) is 14.2 Å². The number of nitrogens with two attached hydrogens (primary N) is 1. The van der Waals surface area contributed by atoms with Crippen molar-refractivity contribution in [2.24, 2.45) is 7.05 Å². The molecule has 0 aliphatic heterocycles. The summed E-state index contributed by atoms with van der Waals surface area (Å²) in [4.78, 5) is 4.40. The van der Waals surface area contributed by atoms with Gasteiger partial charge in [-0.1, -0.05) is 19.0 Å². The van der Waals surface area contributed by atoms with E-state index >= 15 is 0 Å². The number of aryl methyl sites for hydroxylation is 1. The Morgan fingerprint density at radius 1 is 1.42 bits per heavy atom. The third-order valence-electron chi connectivity index (χ3n) is 3.58. The molecule has 0 amide bonds. The van der Waals surface area contributed by atoms with E-state index in [1.807, 2.05) is 13.8 Å². The van der Waals surface area contributed by atoms with Crippen LogP contribution in [0.15, 0.2) is 10.7 Å². The largest absolute Gasteiger partial charge is 0.383 e. The highest BCUT2D eigenvalue weighted by Gasteiger charge is 2.34. The number of rotatable bonds is 5. The Balaban J connectivity index is 2.41. The lowest BCUT2D eigenvalue weighted by atomic mass is 9.96. The minimum absolute atomic E-state index is 0.365. The molecule has 7 nitrogen and oxygen atoms in total. The van der Waals surface area contributed by atoms with E-state index < -0.39 is 5.60 Å². The molecule has 0 fully saturated rings. The van der Waals surface area contributed by atoms with Gasteiger partial charge in [-0.15, -0.1) is 0 Å². The van der Waals surface area contributed by atoms with E-state index in [0.29, 0.717) is 23.1 Å². The van der Waals surface area contributed by atoms with Gasteiger partial charge in [-0.2, -0.15) is 10.1 Å². The predicted octanol–water partition coefficient (Wildman–Crippen LogP) is 1.71. The van der Waals surface area contributed by atoms with Crippen LogP contribution in [-0.2, 0) is 17.4 Å². The average molecular weight is 265 g/mol. The molecule has 2 heterocycles. The molecule has 0 spiro atoms. The fourth-order valence-corrected chi connectivity index (χ4v) is 2.08. The number of nitrogen functional groups attached to an aromatic ring is 1. The first-order valence-corrected chi connectivity index (χ1v) is 6.25. The number of methoxy groups -OCH3 is 1. The molecule has 19 heavy (non-hydrogen) atoms. The van der Waals surface area contributed by atoms with Gasteiger partial charge in [0.25, 0.3) is 5.89 Å². The van der Waals surface area contributed by atoms with Crippen molar-refractivity contribution in [3.05, 3.63) is 12.0 Å². The Kier molecular flexibility index (Phi) is 3.57. The summed E-state index contributed by atoms with van der Waals surface area (Å²) in [5.41, 5.74) is 6.01. The zero-order valence-corrected chi connectivity index (χ0v) is 11.7. The van der Waals surface area contributed by atoms with Crippen LogP contribution < -0.4 is 5.73 Å². The predicted molar refractivity (Wildman–Crippen MR) is 70.2 cm³/mol. The van der Waals surface area contributed by atoms with Crippen LogP contribution in [0.1, 0.15) is 32.5 Å². The summed E-state index contributed by atoms with van der Waals surface area (Å²) in [5, 5.41) is 8.08. The lowest BCUT2D eigenvalue weighted by Crippen LogP contribution is -2.28. The Morgan fingerprint density at radius 2 is 2.11 bits per heavy atom. The number of aromatic nitrogens is 4. The molecule has 2 rings (SSSR count). The molecule has 7 heteroatoms. The lowest BCUT2D eigenvalue weighted by molar-refractivity contribution is -0.0306. The van der Waals surface area contributed by atoms with E-state index in [1.54, 1.807) is 25.0 Å². The molecule has 0 saturated heterocycles. The second-order valence-electron chi connectivity index (χ2n) is 4.40. The number of anilines is 1. The molecule has 0 saturated carbocycles. The van der Waals surface area contributed by atoms with Crippen molar-refractivity contribution in [3.63, 3.8) is 0 Å². The number of hydrogen-bond acceptors (Lipinski definition) is 6. The molecule has 2 N–H and O–H groups in total. The zero-order valence-electron chi connectivity index (χ0n) is 11.7. The van der Waals surface area contributed by atoms with E-state index in [9.17, 15) is 0 Å². The van der Waals surface area contributed by atoms with Crippen molar-refractivity contribution in [2.45, 2.75) is 32.3 Å². The number of hydrogen-bond donors (Lipinski definition) is 1. The third kappa shape index (κ3) is 2.10. The monoisotopic (exact) mass is 265 g/mol. The molecule has 0 radical (unpaired) electrons. The Labute approximate surface area is 111 Å². The van der Waals surface area contributed by atoms with Crippen LogP contribution in [0.4, 0.5) is 5.82 Å². The van der Waals surface area contributed by atoms with Crippen molar-refractivity contribution in [1.29, 1.82) is 0 Å². The van der Waals surface area contributed by atoms with Crippen molar-refractivity contribution in [2.75, 3.05) is 12.8 Å². The van der Waals surface area contributed by atoms with E-state index in [1.165, 1.54) is 0 Å².